The minimum absolute atomic E-state index is 0.0736. The van der Waals surface area contributed by atoms with Gasteiger partial charge in [0.05, 0.1) is 12.7 Å². The molecule has 3 heteroatoms. The van der Waals surface area contributed by atoms with Gasteiger partial charge in [-0.25, -0.2) is 0 Å². The summed E-state index contributed by atoms with van der Waals surface area (Å²) in [4.78, 5) is 22.9. The fourth-order valence-corrected chi connectivity index (χ4v) is 1.45. The van der Waals surface area contributed by atoms with Crippen LogP contribution >= 0.6 is 0 Å². The van der Waals surface area contributed by atoms with Crippen LogP contribution in [0, 0.1) is 0 Å². The molecule has 1 aromatic rings. The highest BCUT2D eigenvalue weighted by Crippen LogP contribution is 2.13. The van der Waals surface area contributed by atoms with Gasteiger partial charge in [0, 0.05) is 11.6 Å². The number of rotatable bonds is 2. The van der Waals surface area contributed by atoms with Crippen LogP contribution in [0.2, 0.25) is 0 Å². The summed E-state index contributed by atoms with van der Waals surface area (Å²) in [6, 6.07) is 8.84. The Balaban J connectivity index is 2.16. The molecule has 0 N–H and O–H groups in total. The second-order valence-electron chi connectivity index (χ2n) is 3.33. The molecule has 0 spiro atoms. The standard InChI is InChI=1S/C12H10O3/c13-10-6-7-15-11(8-10)12(14)9-4-2-1-3-5-9/h1-7,11H,8H2. The van der Waals surface area contributed by atoms with Crippen molar-refractivity contribution < 1.29 is 14.3 Å². The Morgan fingerprint density at radius 2 is 2.00 bits per heavy atom. The molecule has 1 aliphatic rings. The van der Waals surface area contributed by atoms with Gasteiger partial charge >= 0.3 is 0 Å². The summed E-state index contributed by atoms with van der Waals surface area (Å²) in [6.07, 6.45) is 2.10. The Kier molecular flexibility index (Phi) is 2.63. The summed E-state index contributed by atoms with van der Waals surface area (Å²) in [5.41, 5.74) is 0.575. The molecule has 0 saturated carbocycles. The van der Waals surface area contributed by atoms with Crippen molar-refractivity contribution in [3.8, 4) is 0 Å². The topological polar surface area (TPSA) is 43.4 Å². The van der Waals surface area contributed by atoms with Gasteiger partial charge in [-0.3, -0.25) is 9.59 Å². The van der Waals surface area contributed by atoms with E-state index in [-0.39, 0.29) is 18.0 Å². The van der Waals surface area contributed by atoms with Crippen molar-refractivity contribution in [1.82, 2.24) is 0 Å². The van der Waals surface area contributed by atoms with Crippen LogP contribution in [-0.2, 0) is 9.53 Å². The number of hydrogen-bond acceptors (Lipinski definition) is 3. The maximum absolute atomic E-state index is 11.8. The molecule has 0 aliphatic carbocycles. The first-order valence-electron chi connectivity index (χ1n) is 4.71. The number of carbonyl (C=O) groups is 2. The van der Waals surface area contributed by atoms with Gasteiger partial charge in [0.2, 0.25) is 5.78 Å². The summed E-state index contributed by atoms with van der Waals surface area (Å²) >= 11 is 0. The first kappa shape index (κ1) is 9.65. The predicted octanol–water partition coefficient (Wildman–Crippen LogP) is 1.74. The van der Waals surface area contributed by atoms with Crippen LogP contribution in [0.1, 0.15) is 16.8 Å². The van der Waals surface area contributed by atoms with Gasteiger partial charge in [-0.15, -0.1) is 0 Å². The SMILES string of the molecule is O=C1C=COC(C(=O)c2ccccc2)C1. The van der Waals surface area contributed by atoms with Crippen molar-refractivity contribution in [2.75, 3.05) is 0 Å². The highest BCUT2D eigenvalue weighted by Gasteiger charge is 2.25. The van der Waals surface area contributed by atoms with Gasteiger partial charge in [0.25, 0.3) is 0 Å². The molecule has 0 amide bonds. The minimum atomic E-state index is -0.662. The second kappa shape index (κ2) is 4.09. The van der Waals surface area contributed by atoms with Gasteiger partial charge in [-0.05, 0) is 0 Å². The minimum Gasteiger partial charge on any atom is -0.489 e. The van der Waals surface area contributed by atoms with Crippen LogP contribution in [-0.4, -0.2) is 17.7 Å². The van der Waals surface area contributed by atoms with E-state index < -0.39 is 6.10 Å². The lowest BCUT2D eigenvalue weighted by molar-refractivity contribution is -0.117. The molecule has 76 valence electrons. The molecular weight excluding hydrogens is 192 g/mol. The van der Waals surface area contributed by atoms with E-state index in [1.165, 1.54) is 12.3 Å². The summed E-state index contributed by atoms with van der Waals surface area (Å²) in [5.74, 6) is -0.219. The normalized spacial score (nSPS) is 19.7. The summed E-state index contributed by atoms with van der Waals surface area (Å²) in [6.45, 7) is 0. The largest absolute Gasteiger partial charge is 0.489 e. The van der Waals surface area contributed by atoms with E-state index in [1.54, 1.807) is 24.3 Å². The third-order valence-corrected chi connectivity index (χ3v) is 2.23. The van der Waals surface area contributed by atoms with E-state index in [0.717, 1.165) is 0 Å². The summed E-state index contributed by atoms with van der Waals surface area (Å²) in [7, 11) is 0. The van der Waals surface area contributed by atoms with Crippen LogP contribution in [0.15, 0.2) is 42.7 Å². The van der Waals surface area contributed by atoms with Gasteiger partial charge in [0.15, 0.2) is 11.9 Å². The molecule has 0 bridgehead atoms. The second-order valence-corrected chi connectivity index (χ2v) is 3.33. The number of hydrogen-bond donors (Lipinski definition) is 0. The first-order valence-corrected chi connectivity index (χ1v) is 4.71. The highest BCUT2D eigenvalue weighted by atomic mass is 16.5. The molecule has 15 heavy (non-hydrogen) atoms. The third kappa shape index (κ3) is 2.13. The van der Waals surface area contributed by atoms with Crippen LogP contribution < -0.4 is 0 Å². The van der Waals surface area contributed by atoms with Crippen molar-refractivity contribution in [3.05, 3.63) is 48.2 Å². The Morgan fingerprint density at radius 3 is 2.67 bits per heavy atom. The van der Waals surface area contributed by atoms with Gasteiger partial charge < -0.3 is 4.74 Å². The Labute approximate surface area is 87.4 Å². The molecule has 1 heterocycles. The molecule has 0 fully saturated rings. The van der Waals surface area contributed by atoms with E-state index in [9.17, 15) is 9.59 Å². The lowest BCUT2D eigenvalue weighted by Crippen LogP contribution is -2.27. The Morgan fingerprint density at radius 1 is 1.27 bits per heavy atom. The quantitative estimate of drug-likeness (QED) is 0.686. The predicted molar refractivity (Wildman–Crippen MR) is 54.4 cm³/mol. The van der Waals surface area contributed by atoms with Gasteiger partial charge in [-0.1, -0.05) is 30.3 Å². The highest BCUT2D eigenvalue weighted by molar-refractivity contribution is 6.03. The van der Waals surface area contributed by atoms with Gasteiger partial charge in [0.1, 0.15) is 0 Å². The van der Waals surface area contributed by atoms with Crippen molar-refractivity contribution in [2.24, 2.45) is 0 Å². The fourth-order valence-electron chi connectivity index (χ4n) is 1.45. The zero-order valence-electron chi connectivity index (χ0n) is 8.05. The van der Waals surface area contributed by atoms with Crippen molar-refractivity contribution in [3.63, 3.8) is 0 Å². The lowest BCUT2D eigenvalue weighted by Gasteiger charge is -2.17. The third-order valence-electron chi connectivity index (χ3n) is 2.23. The fraction of sp³-hybridized carbons (Fsp3) is 0.167. The van der Waals surface area contributed by atoms with E-state index in [0.29, 0.717) is 5.56 Å². The van der Waals surface area contributed by atoms with Crippen molar-refractivity contribution >= 4 is 11.6 Å². The molecular formula is C12H10O3. The van der Waals surface area contributed by atoms with Gasteiger partial charge in [-0.2, -0.15) is 0 Å². The molecule has 0 radical (unpaired) electrons. The smallest absolute Gasteiger partial charge is 0.203 e. The average molecular weight is 202 g/mol. The maximum atomic E-state index is 11.8. The molecule has 1 unspecified atom stereocenters. The number of allylic oxidation sites excluding steroid dienone is 1. The number of ether oxygens (including phenoxy) is 1. The van der Waals surface area contributed by atoms with E-state index >= 15 is 0 Å². The first-order chi connectivity index (χ1) is 7.27. The molecule has 1 aromatic carbocycles. The molecule has 1 atom stereocenters. The summed E-state index contributed by atoms with van der Waals surface area (Å²) < 4.78 is 5.11. The molecule has 3 nitrogen and oxygen atoms in total. The van der Waals surface area contributed by atoms with Crippen LogP contribution in [0.3, 0.4) is 0 Å². The monoisotopic (exact) mass is 202 g/mol. The summed E-state index contributed by atoms with van der Waals surface area (Å²) in [5, 5.41) is 0. The number of ketones is 2. The maximum Gasteiger partial charge on any atom is 0.203 e. The Hall–Kier alpha value is -1.90. The molecule has 1 aliphatic heterocycles. The van der Waals surface area contributed by atoms with E-state index in [2.05, 4.69) is 0 Å². The number of carbonyl (C=O) groups excluding carboxylic acids is 2. The average Bonchev–Trinajstić information content (AvgIpc) is 2.29. The van der Waals surface area contributed by atoms with Crippen LogP contribution in [0.25, 0.3) is 0 Å². The molecule has 2 rings (SSSR count). The van der Waals surface area contributed by atoms with Crippen LogP contribution in [0.5, 0.6) is 0 Å². The van der Waals surface area contributed by atoms with Crippen molar-refractivity contribution in [1.29, 1.82) is 0 Å². The number of benzene rings is 1. The number of Topliss-reactive ketones (excluding diaryl/α,β-unsaturated/α-hetero) is 1. The molecule has 0 aromatic heterocycles. The van der Waals surface area contributed by atoms with Crippen LogP contribution in [0.4, 0.5) is 0 Å². The van der Waals surface area contributed by atoms with Crippen molar-refractivity contribution in [2.45, 2.75) is 12.5 Å². The Bertz CT molecular complexity index is 406. The van der Waals surface area contributed by atoms with E-state index in [4.69, 9.17) is 4.74 Å². The zero-order chi connectivity index (χ0) is 10.7. The van der Waals surface area contributed by atoms with E-state index in [1.807, 2.05) is 6.07 Å². The zero-order valence-corrected chi connectivity index (χ0v) is 8.05. The lowest BCUT2D eigenvalue weighted by atomic mass is 10.0. The molecule has 0 saturated heterocycles.